The highest BCUT2D eigenvalue weighted by molar-refractivity contribution is 5.80. The Morgan fingerprint density at radius 1 is 1.11 bits per heavy atom. The number of carboxylic acids is 1. The van der Waals surface area contributed by atoms with Crippen LogP contribution in [0.15, 0.2) is 48.5 Å². The molecule has 1 fully saturated rings. The second-order valence-electron chi connectivity index (χ2n) is 14.1. The number of hydrogen-bond donors (Lipinski definition) is 1. The molecule has 0 spiro atoms. The Balaban J connectivity index is 1.53. The van der Waals surface area contributed by atoms with Gasteiger partial charge >= 0.3 is 5.97 Å². The number of halogens is 1. The molecule has 0 saturated carbocycles. The molecule has 4 aromatic rings. The third-order valence-corrected chi connectivity index (χ3v) is 9.08. The average molecular weight is 645 g/mol. The monoisotopic (exact) mass is 644 g/mol. The van der Waals surface area contributed by atoms with Crippen molar-refractivity contribution in [3.8, 4) is 28.1 Å². The number of carbonyl (C=O) groups is 1. The van der Waals surface area contributed by atoms with Gasteiger partial charge in [-0.3, -0.25) is 0 Å². The van der Waals surface area contributed by atoms with Gasteiger partial charge < -0.3 is 24.2 Å². The Morgan fingerprint density at radius 3 is 2.57 bits per heavy atom. The first-order valence-corrected chi connectivity index (χ1v) is 16.6. The van der Waals surface area contributed by atoms with Crippen molar-refractivity contribution in [1.29, 1.82) is 0 Å². The molecule has 3 aliphatic heterocycles. The van der Waals surface area contributed by atoms with Crippen LogP contribution in [0.5, 0.6) is 5.75 Å². The van der Waals surface area contributed by atoms with Crippen molar-refractivity contribution in [2.24, 2.45) is 0 Å². The van der Waals surface area contributed by atoms with E-state index in [1.807, 2.05) is 65.0 Å². The predicted molar refractivity (Wildman–Crippen MR) is 180 cm³/mol. The summed E-state index contributed by atoms with van der Waals surface area (Å²) < 4.78 is 35.4. The van der Waals surface area contributed by atoms with Crippen LogP contribution in [0.3, 0.4) is 0 Å². The smallest absolute Gasteiger partial charge is 0.337 e. The molecular weight excluding hydrogens is 599 g/mol. The molecule has 0 aliphatic carbocycles. The van der Waals surface area contributed by atoms with E-state index >= 15 is 0 Å². The van der Waals surface area contributed by atoms with Crippen LogP contribution in [0.1, 0.15) is 84.1 Å². The van der Waals surface area contributed by atoms with E-state index in [0.717, 1.165) is 43.2 Å². The molecule has 2 aromatic carbocycles. The summed E-state index contributed by atoms with van der Waals surface area (Å²) in [6.45, 7) is 13.5. The molecule has 10 heteroatoms. The number of carboxylic acid groups (broad SMARTS) is 1. The van der Waals surface area contributed by atoms with Crippen molar-refractivity contribution in [2.75, 3.05) is 24.6 Å². The van der Waals surface area contributed by atoms with Crippen LogP contribution < -0.4 is 9.64 Å². The molecule has 0 radical (unpaired) electrons. The van der Waals surface area contributed by atoms with Crippen LogP contribution in [0, 0.1) is 12.7 Å². The number of benzene rings is 2. The van der Waals surface area contributed by atoms with E-state index in [1.165, 1.54) is 12.1 Å². The molecule has 47 heavy (non-hydrogen) atoms. The molecular formula is C37H45FN4O5. The van der Waals surface area contributed by atoms with Crippen molar-refractivity contribution < 1.29 is 28.5 Å². The van der Waals surface area contributed by atoms with Crippen molar-refractivity contribution in [3.05, 3.63) is 65.6 Å². The summed E-state index contributed by atoms with van der Waals surface area (Å²) in [5.74, 6) is -0.140. The number of nitrogens with zero attached hydrogens (tertiary/aromatic N) is 4. The lowest BCUT2D eigenvalue weighted by Crippen LogP contribution is -2.46. The number of ether oxygens (including phenoxy) is 3. The molecule has 0 amide bonds. The first-order chi connectivity index (χ1) is 22.3. The highest BCUT2D eigenvalue weighted by Crippen LogP contribution is 2.39. The van der Waals surface area contributed by atoms with E-state index in [-0.39, 0.29) is 17.5 Å². The highest BCUT2D eigenvalue weighted by Gasteiger charge is 2.38. The quantitative estimate of drug-likeness (QED) is 0.242. The predicted octanol–water partition coefficient (Wildman–Crippen LogP) is 7.78. The molecule has 9 nitrogen and oxygen atoms in total. The number of hydrogen-bond acceptors (Lipinski definition) is 7. The van der Waals surface area contributed by atoms with Gasteiger partial charge in [-0.2, -0.15) is 9.61 Å². The Morgan fingerprint density at radius 2 is 1.85 bits per heavy atom. The van der Waals surface area contributed by atoms with Crippen molar-refractivity contribution in [3.63, 3.8) is 0 Å². The second kappa shape index (κ2) is 12.9. The summed E-state index contributed by atoms with van der Waals surface area (Å²) in [4.78, 5) is 19.9. The number of anilines is 1. The van der Waals surface area contributed by atoms with E-state index in [4.69, 9.17) is 24.3 Å². The van der Waals surface area contributed by atoms with Gasteiger partial charge in [-0.15, -0.1) is 0 Å². The van der Waals surface area contributed by atoms with E-state index < -0.39 is 17.7 Å². The van der Waals surface area contributed by atoms with Gasteiger partial charge in [0.15, 0.2) is 11.8 Å². The first-order valence-electron chi connectivity index (χ1n) is 16.6. The van der Waals surface area contributed by atoms with Gasteiger partial charge in [0.2, 0.25) is 0 Å². The second-order valence-corrected chi connectivity index (χ2v) is 14.1. The minimum Gasteiger partial charge on any atom is -0.490 e. The lowest BCUT2D eigenvalue weighted by atomic mass is 9.92. The van der Waals surface area contributed by atoms with Crippen LogP contribution in [-0.2, 0) is 14.3 Å². The molecule has 1 N–H and O–H groups in total. The zero-order valence-corrected chi connectivity index (χ0v) is 28.2. The molecule has 250 valence electrons. The Hall–Kier alpha value is -4.02. The Kier molecular flexibility index (Phi) is 9.02. The Labute approximate surface area is 275 Å². The van der Waals surface area contributed by atoms with Crippen molar-refractivity contribution in [1.82, 2.24) is 14.6 Å². The minimum atomic E-state index is -1.25. The highest BCUT2D eigenvalue weighted by atomic mass is 19.1. The van der Waals surface area contributed by atoms with E-state index in [1.54, 1.807) is 10.6 Å². The van der Waals surface area contributed by atoms with E-state index in [0.29, 0.717) is 59.4 Å². The van der Waals surface area contributed by atoms with E-state index in [2.05, 4.69) is 11.8 Å². The van der Waals surface area contributed by atoms with Gasteiger partial charge in [0.05, 0.1) is 28.6 Å². The van der Waals surface area contributed by atoms with Gasteiger partial charge in [0.25, 0.3) is 0 Å². The van der Waals surface area contributed by atoms with Crippen molar-refractivity contribution in [2.45, 2.75) is 97.1 Å². The van der Waals surface area contributed by atoms with Crippen molar-refractivity contribution >= 4 is 17.4 Å². The largest absolute Gasteiger partial charge is 0.490 e. The summed E-state index contributed by atoms with van der Waals surface area (Å²) in [5.41, 5.74) is 3.59. The maximum absolute atomic E-state index is 14.6. The van der Waals surface area contributed by atoms with Crippen LogP contribution >= 0.6 is 0 Å². The molecule has 6 bridgehead atoms. The van der Waals surface area contributed by atoms with Crippen LogP contribution in [-0.4, -0.2) is 62.7 Å². The fraction of sp³-hybridized carbons (Fsp3) is 0.486. The van der Waals surface area contributed by atoms with Gasteiger partial charge in [0, 0.05) is 42.6 Å². The summed E-state index contributed by atoms with van der Waals surface area (Å²) in [6, 6.07) is 14.3. The van der Waals surface area contributed by atoms with Gasteiger partial charge in [-0.05, 0) is 103 Å². The molecule has 2 aromatic heterocycles. The zero-order chi connectivity index (χ0) is 33.5. The van der Waals surface area contributed by atoms with Crippen LogP contribution in [0.4, 0.5) is 10.2 Å². The number of aromatic nitrogens is 3. The maximum Gasteiger partial charge on any atom is 0.337 e. The average Bonchev–Trinajstić information content (AvgIpc) is 3.43. The third kappa shape index (κ3) is 7.13. The van der Waals surface area contributed by atoms with Crippen LogP contribution in [0.25, 0.3) is 28.0 Å². The zero-order valence-electron chi connectivity index (χ0n) is 28.2. The molecule has 3 aliphatic rings. The summed E-state index contributed by atoms with van der Waals surface area (Å²) in [5, 5.41) is 15.5. The molecule has 5 heterocycles. The Bertz CT molecular complexity index is 1770. The standard InChI is InChI=1S/C37H45FN4O5/c1-23-10-7-8-19-45-37(6)15-17-41(18-16-37)34-32(33(35(43)44)47-36(3,4)5)24(2)39-31-22-29(40-42(31)34)26-12-9-11-25(20-26)28-21-27(38)13-14-30(28)46-23/h9,11-14,20-23,33H,7-8,10,15-19H2,1-6H3,(H,43,44). The number of piperidine rings is 1. The third-order valence-electron chi connectivity index (χ3n) is 9.08. The number of rotatable bonds is 3. The molecule has 1 saturated heterocycles. The minimum absolute atomic E-state index is 0.0518. The van der Waals surface area contributed by atoms with E-state index in [9.17, 15) is 14.3 Å². The number of fused-ring (bicyclic) bond motifs is 8. The molecule has 2 unspecified atom stereocenters. The summed E-state index contributed by atoms with van der Waals surface area (Å²) in [7, 11) is 0. The fourth-order valence-electron chi connectivity index (χ4n) is 6.59. The van der Waals surface area contributed by atoms with Gasteiger partial charge in [-0.1, -0.05) is 18.2 Å². The summed E-state index contributed by atoms with van der Waals surface area (Å²) in [6.07, 6.45) is 2.94. The fourth-order valence-corrected chi connectivity index (χ4v) is 6.59. The lowest BCUT2D eigenvalue weighted by molar-refractivity contribution is -0.160. The number of aliphatic carboxylic acids is 1. The topological polar surface area (TPSA) is 98.4 Å². The molecule has 2 atom stereocenters. The van der Waals surface area contributed by atoms with Crippen LogP contribution in [0.2, 0.25) is 0 Å². The SMILES string of the molecule is Cc1nc2cc3nn2c(c1C(OC(C)(C)C)C(=O)O)N1CCC(C)(CC1)OCCCCC(C)Oc1ccc(F)cc1-c1cccc-3c1. The first kappa shape index (κ1) is 32.9. The maximum atomic E-state index is 14.6. The normalized spacial score (nSPS) is 21.3. The van der Waals surface area contributed by atoms with Gasteiger partial charge in [0.1, 0.15) is 17.4 Å². The lowest BCUT2D eigenvalue weighted by Gasteiger charge is -2.41. The summed E-state index contributed by atoms with van der Waals surface area (Å²) >= 11 is 0. The van der Waals surface area contributed by atoms with Gasteiger partial charge in [-0.25, -0.2) is 14.2 Å². The number of aryl methyl sites for hydroxylation is 1. The molecule has 7 rings (SSSR count).